The summed E-state index contributed by atoms with van der Waals surface area (Å²) in [5.41, 5.74) is 14.2. The molecule has 258 valence electrons. The number of nitrogens with zero attached hydrogens (tertiary/aromatic N) is 1. The maximum atomic E-state index is 3.68. The van der Waals surface area contributed by atoms with E-state index in [-0.39, 0.29) is 0 Å². The van der Waals surface area contributed by atoms with Crippen molar-refractivity contribution < 1.29 is 0 Å². The number of aryl methyl sites for hydroxylation is 4. The number of hydrogen-bond donors (Lipinski definition) is 4. The summed E-state index contributed by atoms with van der Waals surface area (Å²) in [4.78, 5) is 2.42. The third-order valence-corrected chi connectivity index (χ3v) is 8.96. The molecule has 0 saturated carbocycles. The molecule has 0 amide bonds. The highest BCUT2D eigenvalue weighted by atomic mass is 15.2. The van der Waals surface area contributed by atoms with Crippen molar-refractivity contribution in [3.05, 3.63) is 95.1 Å². The van der Waals surface area contributed by atoms with Crippen molar-refractivity contribution in [2.24, 2.45) is 11.8 Å². The molecular weight excluding hydrogens is 587 g/mol. The van der Waals surface area contributed by atoms with E-state index in [1.54, 1.807) is 0 Å². The highest BCUT2D eigenvalue weighted by molar-refractivity contribution is 5.75. The van der Waals surface area contributed by atoms with E-state index < -0.39 is 0 Å². The largest absolute Gasteiger partial charge is 0.382 e. The van der Waals surface area contributed by atoms with Gasteiger partial charge in [-0.3, -0.25) is 0 Å². The van der Waals surface area contributed by atoms with Crippen LogP contribution < -0.4 is 26.2 Å². The van der Waals surface area contributed by atoms with Crippen molar-refractivity contribution in [3.63, 3.8) is 0 Å². The average Bonchev–Trinajstić information content (AvgIpc) is 2.98. The summed E-state index contributed by atoms with van der Waals surface area (Å²) in [6.07, 6.45) is 2.31. The molecule has 0 heterocycles. The van der Waals surface area contributed by atoms with Crippen LogP contribution in [0.25, 0.3) is 0 Å². The van der Waals surface area contributed by atoms with Gasteiger partial charge in [0.25, 0.3) is 0 Å². The quantitative estimate of drug-likeness (QED) is 0.103. The van der Waals surface area contributed by atoms with Crippen LogP contribution in [-0.2, 0) is 0 Å². The van der Waals surface area contributed by atoms with Gasteiger partial charge in [0, 0.05) is 63.6 Å². The lowest BCUT2D eigenvalue weighted by Crippen LogP contribution is -2.25. The molecule has 0 aliphatic carbocycles. The Kier molecular flexibility index (Phi) is 12.5. The predicted molar refractivity (Wildman–Crippen MR) is 214 cm³/mol. The van der Waals surface area contributed by atoms with Gasteiger partial charge in [0.05, 0.1) is 0 Å². The second-order valence-electron chi connectivity index (χ2n) is 15.1. The van der Waals surface area contributed by atoms with Crippen LogP contribution in [0.2, 0.25) is 0 Å². The monoisotopic (exact) mass is 647 g/mol. The van der Waals surface area contributed by atoms with Crippen molar-refractivity contribution in [2.45, 2.75) is 114 Å². The van der Waals surface area contributed by atoms with E-state index in [0.717, 1.165) is 35.6 Å². The van der Waals surface area contributed by atoms with E-state index >= 15 is 0 Å². The Balaban J connectivity index is 1.47. The van der Waals surface area contributed by atoms with Crippen LogP contribution in [-0.4, -0.2) is 18.1 Å². The zero-order valence-corrected chi connectivity index (χ0v) is 31.7. The minimum Gasteiger partial charge on any atom is -0.382 e. The molecule has 0 aliphatic rings. The van der Waals surface area contributed by atoms with Crippen molar-refractivity contribution in [2.75, 3.05) is 26.2 Å². The van der Waals surface area contributed by atoms with Gasteiger partial charge in [0.1, 0.15) is 0 Å². The molecule has 0 fully saturated rings. The summed E-state index contributed by atoms with van der Waals surface area (Å²) in [6, 6.07) is 27.9. The Hall–Kier alpha value is -4.12. The second kappa shape index (κ2) is 16.3. The number of benzene rings is 4. The van der Waals surface area contributed by atoms with Crippen molar-refractivity contribution in [3.8, 4) is 0 Å². The molecule has 0 aliphatic heterocycles. The fraction of sp³-hybridized carbons (Fsp3) is 0.442. The zero-order chi connectivity index (χ0) is 35.1. The molecule has 0 aromatic heterocycles. The first kappa shape index (κ1) is 36.7. The molecule has 5 heteroatoms. The van der Waals surface area contributed by atoms with Gasteiger partial charge < -0.3 is 26.2 Å². The van der Waals surface area contributed by atoms with E-state index in [1.807, 2.05) is 0 Å². The van der Waals surface area contributed by atoms with Crippen LogP contribution >= 0.6 is 0 Å². The molecule has 0 radical (unpaired) electrons. The van der Waals surface area contributed by atoms with E-state index in [4.69, 9.17) is 0 Å². The molecule has 2 unspecified atom stereocenters. The number of rotatable bonds is 15. The van der Waals surface area contributed by atoms with Crippen LogP contribution in [0, 0.1) is 39.5 Å². The first-order valence-electron chi connectivity index (χ1n) is 18.0. The lowest BCUT2D eigenvalue weighted by Gasteiger charge is -2.30. The first-order chi connectivity index (χ1) is 22.7. The summed E-state index contributed by atoms with van der Waals surface area (Å²) < 4.78 is 0. The molecule has 0 saturated heterocycles. The fourth-order valence-corrected chi connectivity index (χ4v) is 6.80. The predicted octanol–water partition coefficient (Wildman–Crippen LogP) is 12.6. The molecule has 2 atom stereocenters. The average molecular weight is 648 g/mol. The Morgan fingerprint density at radius 2 is 0.812 bits per heavy atom. The lowest BCUT2D eigenvalue weighted by molar-refractivity contribution is 0.539. The molecule has 4 N–H and O–H groups in total. The summed E-state index contributed by atoms with van der Waals surface area (Å²) in [5, 5.41) is 14.7. The summed E-state index contributed by atoms with van der Waals surface area (Å²) in [7, 11) is 0. The summed E-state index contributed by atoms with van der Waals surface area (Å²) >= 11 is 0. The third-order valence-electron chi connectivity index (χ3n) is 8.96. The molecule has 4 aromatic rings. The maximum Gasteiger partial charge on any atom is 0.0417 e. The fourth-order valence-electron chi connectivity index (χ4n) is 6.80. The van der Waals surface area contributed by atoms with Crippen molar-refractivity contribution >= 4 is 45.5 Å². The normalized spacial score (nSPS) is 12.7. The Labute approximate surface area is 291 Å². The van der Waals surface area contributed by atoms with Gasteiger partial charge in [-0.25, -0.2) is 0 Å². The number of anilines is 8. The maximum absolute atomic E-state index is 3.68. The standard InChI is InChI=1S/C43H61N5/c1-27(2)21-34(11)44-40-17-13-36(23-30(40)7)46-42-19-15-38(25-32(42)9)48(29(5)6)39-16-20-43(33(10)26-39)47-37-14-18-41(31(8)24-37)45-35(12)22-28(3)4/h13-20,23-29,34-35,44-47H,21-22H2,1-12H3. The molecule has 4 aromatic carbocycles. The second-order valence-corrected chi connectivity index (χ2v) is 15.1. The smallest absolute Gasteiger partial charge is 0.0417 e. The molecule has 48 heavy (non-hydrogen) atoms. The van der Waals surface area contributed by atoms with E-state index in [0.29, 0.717) is 30.0 Å². The van der Waals surface area contributed by atoms with Gasteiger partial charge in [-0.15, -0.1) is 0 Å². The van der Waals surface area contributed by atoms with Gasteiger partial charge >= 0.3 is 0 Å². The van der Waals surface area contributed by atoms with E-state index in [2.05, 4.69) is 182 Å². The molecule has 0 bridgehead atoms. The van der Waals surface area contributed by atoms with Crippen LogP contribution in [0.1, 0.15) is 90.5 Å². The highest BCUT2D eigenvalue weighted by Gasteiger charge is 2.16. The van der Waals surface area contributed by atoms with Gasteiger partial charge in [-0.1, -0.05) is 27.7 Å². The minimum absolute atomic E-state index is 0.294. The topological polar surface area (TPSA) is 51.4 Å². The van der Waals surface area contributed by atoms with Gasteiger partial charge in [0.15, 0.2) is 0 Å². The van der Waals surface area contributed by atoms with E-state index in [9.17, 15) is 0 Å². The van der Waals surface area contributed by atoms with Gasteiger partial charge in [-0.2, -0.15) is 0 Å². The summed E-state index contributed by atoms with van der Waals surface area (Å²) in [6.45, 7) is 26.9. The Morgan fingerprint density at radius 1 is 0.458 bits per heavy atom. The Morgan fingerprint density at radius 3 is 1.12 bits per heavy atom. The minimum atomic E-state index is 0.294. The van der Waals surface area contributed by atoms with E-state index in [1.165, 1.54) is 45.0 Å². The van der Waals surface area contributed by atoms with Crippen LogP contribution in [0.3, 0.4) is 0 Å². The first-order valence-corrected chi connectivity index (χ1v) is 18.0. The molecule has 5 nitrogen and oxygen atoms in total. The zero-order valence-electron chi connectivity index (χ0n) is 31.7. The van der Waals surface area contributed by atoms with Crippen molar-refractivity contribution in [1.29, 1.82) is 0 Å². The van der Waals surface area contributed by atoms with Crippen LogP contribution in [0.4, 0.5) is 45.5 Å². The molecule has 4 rings (SSSR count). The highest BCUT2D eigenvalue weighted by Crippen LogP contribution is 2.35. The summed E-state index contributed by atoms with van der Waals surface area (Å²) in [5.74, 6) is 1.35. The van der Waals surface area contributed by atoms with Crippen LogP contribution in [0.5, 0.6) is 0 Å². The van der Waals surface area contributed by atoms with Crippen molar-refractivity contribution in [1.82, 2.24) is 0 Å². The third kappa shape index (κ3) is 9.95. The van der Waals surface area contributed by atoms with Crippen LogP contribution in [0.15, 0.2) is 72.8 Å². The Bertz CT molecular complexity index is 1530. The molecule has 0 spiro atoms. The lowest BCUT2D eigenvalue weighted by atomic mass is 10.0. The number of hydrogen-bond acceptors (Lipinski definition) is 5. The van der Waals surface area contributed by atoms with Gasteiger partial charge in [-0.05, 0) is 175 Å². The number of nitrogens with one attached hydrogen (secondary N) is 4. The van der Waals surface area contributed by atoms with Gasteiger partial charge in [0.2, 0.25) is 0 Å². The molecular formula is C43H61N5. The SMILES string of the molecule is Cc1cc(N(c2ccc(Nc3ccc(NC(C)CC(C)C)c(C)c3)c(C)c2)C(C)C)ccc1Nc1ccc(NC(C)CC(C)C)c(C)c1.